The molecule has 0 amide bonds. The van der Waals surface area contributed by atoms with Gasteiger partial charge in [-0.1, -0.05) is 18.2 Å². The number of halogens is 1. The van der Waals surface area contributed by atoms with Gasteiger partial charge in [-0.15, -0.1) is 0 Å². The molecular formula is C18H18IN5. The maximum atomic E-state index is 4.74. The SMILES string of the molecule is Cc1cccc2c(I)nn(-c3ccc(N4C[C@H]5C[C@@H]4CN5)nc3)c12. The van der Waals surface area contributed by atoms with Crippen molar-refractivity contribution in [3.8, 4) is 5.69 Å². The molecule has 2 aliphatic rings. The van der Waals surface area contributed by atoms with Crippen LogP contribution in [0.25, 0.3) is 16.6 Å². The van der Waals surface area contributed by atoms with E-state index in [1.807, 2.05) is 10.9 Å². The fraction of sp³-hybridized carbons (Fsp3) is 0.333. The second-order valence-electron chi connectivity index (χ2n) is 6.70. The first-order chi connectivity index (χ1) is 11.7. The van der Waals surface area contributed by atoms with Crippen LogP contribution in [0.1, 0.15) is 12.0 Å². The molecule has 2 saturated heterocycles. The lowest BCUT2D eigenvalue weighted by Gasteiger charge is -2.28. The first-order valence-electron chi connectivity index (χ1n) is 8.31. The number of hydrogen-bond acceptors (Lipinski definition) is 4. The quantitative estimate of drug-likeness (QED) is 0.635. The van der Waals surface area contributed by atoms with Crippen LogP contribution in [0.3, 0.4) is 0 Å². The molecule has 2 bridgehead atoms. The molecule has 3 aromatic rings. The van der Waals surface area contributed by atoms with Gasteiger partial charge in [0.1, 0.15) is 9.52 Å². The molecule has 2 aromatic heterocycles. The van der Waals surface area contributed by atoms with Crippen molar-refractivity contribution in [3.63, 3.8) is 0 Å². The number of rotatable bonds is 2. The summed E-state index contributed by atoms with van der Waals surface area (Å²) in [5.41, 5.74) is 3.42. The Bertz CT molecular complexity index is 917. The van der Waals surface area contributed by atoms with Crippen molar-refractivity contribution in [2.45, 2.75) is 25.4 Å². The van der Waals surface area contributed by atoms with Gasteiger partial charge in [-0.25, -0.2) is 9.67 Å². The standard InChI is InChI=1S/C18H18IN5/c1-11-3-2-4-15-17(11)24(22-18(15)19)13-5-6-16(21-8-13)23-10-12-7-14(23)9-20-12/h2-6,8,12,14,20H,7,9-10H2,1H3/t12-,14-/m1/s1. The second kappa shape index (κ2) is 5.42. The Morgan fingerprint density at radius 1 is 1.25 bits per heavy atom. The summed E-state index contributed by atoms with van der Waals surface area (Å²) in [6, 6.07) is 11.8. The third kappa shape index (κ3) is 2.16. The van der Waals surface area contributed by atoms with Gasteiger partial charge >= 0.3 is 0 Å². The molecular weight excluding hydrogens is 413 g/mol. The van der Waals surface area contributed by atoms with E-state index in [-0.39, 0.29) is 0 Å². The van der Waals surface area contributed by atoms with E-state index in [1.54, 1.807) is 0 Å². The third-order valence-corrected chi connectivity index (χ3v) is 5.98. The Morgan fingerprint density at radius 3 is 2.88 bits per heavy atom. The summed E-state index contributed by atoms with van der Waals surface area (Å²) in [5.74, 6) is 1.08. The Balaban J connectivity index is 1.54. The molecule has 24 heavy (non-hydrogen) atoms. The van der Waals surface area contributed by atoms with Crippen LogP contribution in [0.4, 0.5) is 5.82 Å². The van der Waals surface area contributed by atoms with Gasteiger partial charge in [0.15, 0.2) is 0 Å². The lowest BCUT2D eigenvalue weighted by atomic mass is 10.2. The van der Waals surface area contributed by atoms with Crippen molar-refractivity contribution in [3.05, 3.63) is 45.8 Å². The lowest BCUT2D eigenvalue weighted by molar-refractivity contribution is 0.576. The molecule has 0 saturated carbocycles. The molecule has 0 radical (unpaired) electrons. The van der Waals surface area contributed by atoms with Crippen molar-refractivity contribution in [1.29, 1.82) is 0 Å². The van der Waals surface area contributed by atoms with Gasteiger partial charge in [-0.2, -0.15) is 5.10 Å². The molecule has 6 heteroatoms. The van der Waals surface area contributed by atoms with Crippen molar-refractivity contribution in [2.24, 2.45) is 0 Å². The van der Waals surface area contributed by atoms with Crippen LogP contribution in [0.15, 0.2) is 36.5 Å². The zero-order valence-corrected chi connectivity index (χ0v) is 15.6. The number of nitrogens with one attached hydrogen (secondary N) is 1. The van der Waals surface area contributed by atoms with Crippen LogP contribution < -0.4 is 10.2 Å². The number of pyridine rings is 1. The number of hydrogen-bond donors (Lipinski definition) is 1. The van der Waals surface area contributed by atoms with Crippen LogP contribution in [0, 0.1) is 10.6 Å². The normalized spacial score (nSPS) is 22.7. The lowest BCUT2D eigenvalue weighted by Crippen LogP contribution is -2.43. The highest BCUT2D eigenvalue weighted by Gasteiger charge is 2.38. The highest BCUT2D eigenvalue weighted by Crippen LogP contribution is 2.29. The average molecular weight is 431 g/mol. The molecule has 2 fully saturated rings. The summed E-state index contributed by atoms with van der Waals surface area (Å²) in [6.07, 6.45) is 3.19. The molecule has 0 spiro atoms. The Hall–Kier alpha value is -1.67. The van der Waals surface area contributed by atoms with E-state index in [9.17, 15) is 0 Å². The molecule has 2 atom stereocenters. The molecule has 122 valence electrons. The minimum Gasteiger partial charge on any atom is -0.351 e. The van der Waals surface area contributed by atoms with Crippen LogP contribution in [0.5, 0.6) is 0 Å². The summed E-state index contributed by atoms with van der Waals surface area (Å²) in [6.45, 7) is 4.28. The third-order valence-electron chi connectivity index (χ3n) is 5.19. The first kappa shape index (κ1) is 14.7. The van der Waals surface area contributed by atoms with Gasteiger partial charge in [-0.3, -0.25) is 0 Å². The maximum Gasteiger partial charge on any atom is 0.131 e. The topological polar surface area (TPSA) is 46.0 Å². The molecule has 0 unspecified atom stereocenters. The monoisotopic (exact) mass is 431 g/mol. The number of nitrogens with zero attached hydrogens (tertiary/aromatic N) is 4. The highest BCUT2D eigenvalue weighted by molar-refractivity contribution is 14.1. The van der Waals surface area contributed by atoms with Crippen LogP contribution in [-0.4, -0.2) is 39.9 Å². The van der Waals surface area contributed by atoms with E-state index in [0.29, 0.717) is 12.1 Å². The predicted octanol–water partition coefficient (Wildman–Crippen LogP) is 2.88. The van der Waals surface area contributed by atoms with Gasteiger partial charge in [0, 0.05) is 30.6 Å². The smallest absolute Gasteiger partial charge is 0.131 e. The van der Waals surface area contributed by atoms with Gasteiger partial charge in [0.2, 0.25) is 0 Å². The number of aryl methyl sites for hydroxylation is 1. The van der Waals surface area contributed by atoms with E-state index < -0.39 is 0 Å². The zero-order valence-electron chi connectivity index (χ0n) is 13.4. The second-order valence-corrected chi connectivity index (χ2v) is 7.72. The Morgan fingerprint density at radius 2 is 2.17 bits per heavy atom. The van der Waals surface area contributed by atoms with E-state index in [2.05, 4.69) is 70.1 Å². The van der Waals surface area contributed by atoms with Crippen molar-refractivity contribution >= 4 is 39.3 Å². The van der Waals surface area contributed by atoms with E-state index >= 15 is 0 Å². The van der Waals surface area contributed by atoms with E-state index in [0.717, 1.165) is 28.3 Å². The summed E-state index contributed by atoms with van der Waals surface area (Å²) in [4.78, 5) is 7.17. The van der Waals surface area contributed by atoms with Crippen molar-refractivity contribution in [1.82, 2.24) is 20.1 Å². The first-order valence-corrected chi connectivity index (χ1v) is 9.39. The molecule has 1 N–H and O–H groups in total. The molecule has 0 aliphatic carbocycles. The Kier molecular flexibility index (Phi) is 3.31. The number of anilines is 1. The minimum absolute atomic E-state index is 0.599. The fourth-order valence-electron chi connectivity index (χ4n) is 4.00. The summed E-state index contributed by atoms with van der Waals surface area (Å²) in [7, 11) is 0. The molecule has 5 rings (SSSR count). The average Bonchev–Trinajstić information content (AvgIpc) is 3.30. The number of benzene rings is 1. The summed E-state index contributed by atoms with van der Waals surface area (Å²) >= 11 is 2.30. The van der Waals surface area contributed by atoms with E-state index in [1.165, 1.54) is 22.9 Å². The van der Waals surface area contributed by atoms with Gasteiger partial charge in [-0.05, 0) is 53.6 Å². The highest BCUT2D eigenvalue weighted by atomic mass is 127. The fourth-order valence-corrected chi connectivity index (χ4v) is 4.65. The van der Waals surface area contributed by atoms with Crippen molar-refractivity contribution in [2.75, 3.05) is 18.0 Å². The van der Waals surface area contributed by atoms with E-state index in [4.69, 9.17) is 10.1 Å². The van der Waals surface area contributed by atoms with Crippen LogP contribution in [-0.2, 0) is 0 Å². The van der Waals surface area contributed by atoms with Crippen LogP contribution >= 0.6 is 22.6 Å². The molecule has 5 nitrogen and oxygen atoms in total. The zero-order chi connectivity index (χ0) is 16.3. The van der Waals surface area contributed by atoms with Gasteiger partial charge in [0.05, 0.1) is 17.4 Å². The molecule has 1 aromatic carbocycles. The summed E-state index contributed by atoms with van der Waals surface area (Å²) in [5, 5.41) is 9.46. The molecule has 4 heterocycles. The summed E-state index contributed by atoms with van der Waals surface area (Å²) < 4.78 is 3.04. The number of para-hydroxylation sites is 1. The minimum atomic E-state index is 0.599. The Labute approximate surface area is 154 Å². The number of piperazine rings is 1. The van der Waals surface area contributed by atoms with Crippen molar-refractivity contribution < 1.29 is 0 Å². The largest absolute Gasteiger partial charge is 0.351 e. The van der Waals surface area contributed by atoms with Gasteiger partial charge < -0.3 is 10.2 Å². The number of fused-ring (bicyclic) bond motifs is 3. The van der Waals surface area contributed by atoms with Crippen LogP contribution in [0.2, 0.25) is 0 Å². The molecule has 2 aliphatic heterocycles. The van der Waals surface area contributed by atoms with Gasteiger partial charge in [0.25, 0.3) is 0 Å². The number of aromatic nitrogens is 3. The predicted molar refractivity (Wildman–Crippen MR) is 104 cm³/mol. The maximum absolute atomic E-state index is 4.74.